The number of rotatable bonds is 4. The molecule has 82 valence electrons. The summed E-state index contributed by atoms with van der Waals surface area (Å²) >= 11 is 0. The minimum atomic E-state index is -0.393. The van der Waals surface area contributed by atoms with Gasteiger partial charge in [0.05, 0.1) is 0 Å². The highest BCUT2D eigenvalue weighted by atomic mass is 19.1. The average molecular weight is 203 g/mol. The maximum Gasteiger partial charge on any atom is 0.238 e. The highest BCUT2D eigenvalue weighted by molar-refractivity contribution is 5.82. The van der Waals surface area contributed by atoms with Gasteiger partial charge in [0, 0.05) is 32.7 Å². The molecule has 0 bridgehead atoms. The molecule has 14 heavy (non-hydrogen) atoms. The second-order valence-electron chi connectivity index (χ2n) is 3.34. The van der Waals surface area contributed by atoms with Crippen LogP contribution in [0.5, 0.6) is 0 Å². The van der Waals surface area contributed by atoms with Crippen LogP contribution in [0.2, 0.25) is 0 Å². The van der Waals surface area contributed by atoms with Gasteiger partial charge in [0.25, 0.3) is 0 Å². The molecule has 1 fully saturated rings. The van der Waals surface area contributed by atoms with E-state index in [1.807, 2.05) is 11.8 Å². The molecule has 0 aromatic rings. The predicted octanol–water partition coefficient (Wildman–Crippen LogP) is -0.634. The summed E-state index contributed by atoms with van der Waals surface area (Å²) < 4.78 is 12.2. The summed E-state index contributed by atoms with van der Waals surface area (Å²) in [5.41, 5.74) is 0. The molecule has 0 saturated carbocycles. The molecule has 1 heterocycles. The molecule has 1 unspecified atom stereocenters. The Hall–Kier alpha value is -0.680. The molecule has 1 amide bonds. The topological polar surface area (TPSA) is 44.4 Å². The van der Waals surface area contributed by atoms with Crippen molar-refractivity contribution in [2.45, 2.75) is 13.0 Å². The zero-order valence-corrected chi connectivity index (χ0v) is 8.55. The molecular formula is C9H18FN3O. The van der Waals surface area contributed by atoms with Crippen LogP contribution in [-0.2, 0) is 4.79 Å². The third kappa shape index (κ3) is 2.92. The standard InChI is InChI=1S/C9H18FN3O/c1-2-12-9(14)8-7-11-4-6-13(8)5-3-10/h8,11H,2-7H2,1H3,(H,12,14). The molecule has 1 saturated heterocycles. The van der Waals surface area contributed by atoms with Crippen LogP contribution in [0, 0.1) is 0 Å². The molecule has 0 aromatic heterocycles. The van der Waals surface area contributed by atoms with Gasteiger partial charge in [0.2, 0.25) is 5.91 Å². The summed E-state index contributed by atoms with van der Waals surface area (Å²) in [6.07, 6.45) is 0. The van der Waals surface area contributed by atoms with E-state index in [0.717, 1.165) is 13.1 Å². The Morgan fingerprint density at radius 2 is 2.50 bits per heavy atom. The quantitative estimate of drug-likeness (QED) is 0.639. The number of alkyl halides is 1. The number of likely N-dealkylation sites (N-methyl/N-ethyl adjacent to an activating group) is 1. The van der Waals surface area contributed by atoms with Gasteiger partial charge in [-0.15, -0.1) is 0 Å². The molecule has 0 aromatic carbocycles. The van der Waals surface area contributed by atoms with Crippen molar-refractivity contribution in [3.05, 3.63) is 0 Å². The number of hydrogen-bond acceptors (Lipinski definition) is 3. The Kier molecular flexibility index (Phi) is 4.82. The van der Waals surface area contributed by atoms with Gasteiger partial charge in [-0.1, -0.05) is 0 Å². The van der Waals surface area contributed by atoms with Gasteiger partial charge in [-0.05, 0) is 6.92 Å². The van der Waals surface area contributed by atoms with Crippen LogP contribution in [0.25, 0.3) is 0 Å². The lowest BCUT2D eigenvalue weighted by atomic mass is 10.2. The van der Waals surface area contributed by atoms with E-state index in [4.69, 9.17) is 0 Å². The molecule has 1 aliphatic heterocycles. The second-order valence-corrected chi connectivity index (χ2v) is 3.34. The van der Waals surface area contributed by atoms with Crippen LogP contribution in [0.15, 0.2) is 0 Å². The number of nitrogens with zero attached hydrogens (tertiary/aromatic N) is 1. The number of carbonyl (C=O) groups is 1. The first kappa shape index (κ1) is 11.4. The van der Waals surface area contributed by atoms with Crippen LogP contribution in [0.3, 0.4) is 0 Å². The summed E-state index contributed by atoms with van der Waals surface area (Å²) in [6.45, 7) is 4.65. The Morgan fingerprint density at radius 1 is 1.71 bits per heavy atom. The fraction of sp³-hybridized carbons (Fsp3) is 0.889. The highest BCUT2D eigenvalue weighted by Crippen LogP contribution is 2.03. The maximum absolute atomic E-state index is 12.2. The normalized spacial score (nSPS) is 23.4. The van der Waals surface area contributed by atoms with Gasteiger partial charge in [0.1, 0.15) is 12.7 Å². The van der Waals surface area contributed by atoms with Crippen molar-refractivity contribution in [3.63, 3.8) is 0 Å². The Labute approximate surface area is 83.8 Å². The molecular weight excluding hydrogens is 185 g/mol. The van der Waals surface area contributed by atoms with Crippen molar-refractivity contribution in [3.8, 4) is 0 Å². The molecule has 4 nitrogen and oxygen atoms in total. The van der Waals surface area contributed by atoms with E-state index in [1.165, 1.54) is 0 Å². The van der Waals surface area contributed by atoms with Gasteiger partial charge in [0.15, 0.2) is 0 Å². The van der Waals surface area contributed by atoms with Crippen LogP contribution in [-0.4, -0.2) is 56.2 Å². The number of nitrogens with one attached hydrogen (secondary N) is 2. The molecule has 0 aliphatic carbocycles. The summed E-state index contributed by atoms with van der Waals surface area (Å²) in [5, 5.41) is 5.90. The Morgan fingerprint density at radius 3 is 3.14 bits per heavy atom. The first-order valence-corrected chi connectivity index (χ1v) is 5.08. The third-order valence-electron chi connectivity index (χ3n) is 2.38. The molecule has 1 atom stereocenters. The smallest absolute Gasteiger partial charge is 0.238 e. The first-order valence-electron chi connectivity index (χ1n) is 5.08. The SMILES string of the molecule is CCNC(=O)C1CNCCN1CCF. The predicted molar refractivity (Wildman–Crippen MR) is 52.9 cm³/mol. The van der Waals surface area contributed by atoms with Crippen molar-refractivity contribution in [2.75, 3.05) is 39.4 Å². The Bertz CT molecular complexity index is 187. The molecule has 2 N–H and O–H groups in total. The van der Waals surface area contributed by atoms with Gasteiger partial charge in [-0.25, -0.2) is 4.39 Å². The van der Waals surface area contributed by atoms with Gasteiger partial charge >= 0.3 is 0 Å². The lowest BCUT2D eigenvalue weighted by Gasteiger charge is -2.34. The van der Waals surface area contributed by atoms with Crippen molar-refractivity contribution >= 4 is 5.91 Å². The summed E-state index contributed by atoms with van der Waals surface area (Å²) in [7, 11) is 0. The van der Waals surface area contributed by atoms with Crippen LogP contribution in [0.1, 0.15) is 6.92 Å². The second kappa shape index (κ2) is 5.93. The number of carbonyl (C=O) groups excluding carboxylic acids is 1. The molecule has 1 aliphatic rings. The van der Waals surface area contributed by atoms with Crippen LogP contribution in [0.4, 0.5) is 4.39 Å². The zero-order chi connectivity index (χ0) is 10.4. The van der Waals surface area contributed by atoms with E-state index in [0.29, 0.717) is 19.6 Å². The van der Waals surface area contributed by atoms with E-state index >= 15 is 0 Å². The zero-order valence-electron chi connectivity index (χ0n) is 8.55. The highest BCUT2D eigenvalue weighted by Gasteiger charge is 2.27. The lowest BCUT2D eigenvalue weighted by Crippen LogP contribution is -2.58. The molecule has 0 radical (unpaired) electrons. The van der Waals surface area contributed by atoms with E-state index in [9.17, 15) is 9.18 Å². The van der Waals surface area contributed by atoms with E-state index in [-0.39, 0.29) is 11.9 Å². The number of amides is 1. The van der Waals surface area contributed by atoms with E-state index in [1.54, 1.807) is 0 Å². The molecule has 5 heteroatoms. The fourth-order valence-corrected chi connectivity index (χ4v) is 1.67. The summed E-state index contributed by atoms with van der Waals surface area (Å²) in [5.74, 6) is -0.00634. The minimum Gasteiger partial charge on any atom is -0.355 e. The van der Waals surface area contributed by atoms with Crippen molar-refractivity contribution in [2.24, 2.45) is 0 Å². The van der Waals surface area contributed by atoms with Gasteiger partial charge in [-0.3, -0.25) is 9.69 Å². The summed E-state index contributed by atoms with van der Waals surface area (Å²) in [4.78, 5) is 13.5. The number of piperazine rings is 1. The third-order valence-corrected chi connectivity index (χ3v) is 2.38. The van der Waals surface area contributed by atoms with Gasteiger partial charge < -0.3 is 10.6 Å². The number of halogens is 1. The monoisotopic (exact) mass is 203 g/mol. The van der Waals surface area contributed by atoms with Crippen LogP contribution < -0.4 is 10.6 Å². The van der Waals surface area contributed by atoms with Crippen molar-refractivity contribution in [1.29, 1.82) is 0 Å². The van der Waals surface area contributed by atoms with Crippen molar-refractivity contribution < 1.29 is 9.18 Å². The minimum absolute atomic E-state index is 0.00634. The number of hydrogen-bond donors (Lipinski definition) is 2. The van der Waals surface area contributed by atoms with Crippen LogP contribution >= 0.6 is 0 Å². The molecule has 0 spiro atoms. The fourth-order valence-electron chi connectivity index (χ4n) is 1.67. The van der Waals surface area contributed by atoms with Gasteiger partial charge in [-0.2, -0.15) is 0 Å². The largest absolute Gasteiger partial charge is 0.355 e. The lowest BCUT2D eigenvalue weighted by molar-refractivity contribution is -0.127. The van der Waals surface area contributed by atoms with E-state index < -0.39 is 6.67 Å². The molecule has 1 rings (SSSR count). The average Bonchev–Trinajstić information content (AvgIpc) is 2.19. The maximum atomic E-state index is 12.2. The van der Waals surface area contributed by atoms with E-state index in [2.05, 4.69) is 10.6 Å². The Balaban J connectivity index is 2.48. The van der Waals surface area contributed by atoms with Crippen molar-refractivity contribution in [1.82, 2.24) is 15.5 Å². The first-order chi connectivity index (χ1) is 6.79. The summed E-state index contributed by atoms with van der Waals surface area (Å²) in [6, 6.07) is -0.209.